The van der Waals surface area contributed by atoms with Crippen LogP contribution in [0.5, 0.6) is 5.88 Å². The lowest BCUT2D eigenvalue weighted by molar-refractivity contribution is 0.445. The van der Waals surface area contributed by atoms with Gasteiger partial charge in [0.15, 0.2) is 0 Å². The fraction of sp³-hybridized carbons (Fsp3) is 0.250. The minimum atomic E-state index is 0.152. The van der Waals surface area contributed by atoms with Crippen molar-refractivity contribution >= 4 is 10.9 Å². The fourth-order valence-corrected chi connectivity index (χ4v) is 1.55. The minimum Gasteiger partial charge on any atom is -0.493 e. The van der Waals surface area contributed by atoms with Crippen molar-refractivity contribution in [2.24, 2.45) is 0 Å². The standard InChI is InChI=1S/C12H13NO/c1-8(2)10-7-9-5-3-4-6-11(9)13-12(10)14/h3-8H,1-2H3,(H,13,14). The number of rotatable bonds is 1. The number of hydrogen-bond acceptors (Lipinski definition) is 2. The lowest BCUT2D eigenvalue weighted by Crippen LogP contribution is -1.91. The smallest absolute Gasteiger partial charge is 0.214 e. The zero-order valence-corrected chi connectivity index (χ0v) is 8.36. The van der Waals surface area contributed by atoms with Crippen LogP contribution >= 0.6 is 0 Å². The van der Waals surface area contributed by atoms with E-state index in [9.17, 15) is 5.11 Å². The predicted octanol–water partition coefficient (Wildman–Crippen LogP) is 3.06. The Hall–Kier alpha value is -1.57. The molecular weight excluding hydrogens is 174 g/mol. The van der Waals surface area contributed by atoms with Gasteiger partial charge in [-0.3, -0.25) is 0 Å². The Balaban J connectivity index is 2.71. The summed E-state index contributed by atoms with van der Waals surface area (Å²) < 4.78 is 0. The third-order valence-corrected chi connectivity index (χ3v) is 2.35. The molecule has 0 atom stereocenters. The van der Waals surface area contributed by atoms with E-state index in [4.69, 9.17) is 0 Å². The van der Waals surface area contributed by atoms with Gasteiger partial charge < -0.3 is 5.11 Å². The van der Waals surface area contributed by atoms with E-state index in [2.05, 4.69) is 4.98 Å². The number of pyridine rings is 1. The van der Waals surface area contributed by atoms with Crippen LogP contribution < -0.4 is 0 Å². The van der Waals surface area contributed by atoms with E-state index in [0.29, 0.717) is 5.92 Å². The average molecular weight is 187 g/mol. The van der Waals surface area contributed by atoms with Gasteiger partial charge in [-0.25, -0.2) is 4.98 Å². The van der Waals surface area contributed by atoms with Gasteiger partial charge in [0.25, 0.3) is 0 Å². The Morgan fingerprint density at radius 2 is 1.93 bits per heavy atom. The summed E-state index contributed by atoms with van der Waals surface area (Å²) >= 11 is 0. The molecule has 0 unspecified atom stereocenters. The molecule has 2 heteroatoms. The van der Waals surface area contributed by atoms with Gasteiger partial charge in [0.2, 0.25) is 5.88 Å². The van der Waals surface area contributed by atoms with E-state index in [1.807, 2.05) is 44.2 Å². The third-order valence-electron chi connectivity index (χ3n) is 2.35. The number of para-hydroxylation sites is 1. The van der Waals surface area contributed by atoms with Crippen LogP contribution in [0.3, 0.4) is 0 Å². The van der Waals surface area contributed by atoms with Crippen LogP contribution in [0.25, 0.3) is 10.9 Å². The van der Waals surface area contributed by atoms with Gasteiger partial charge in [-0.1, -0.05) is 32.0 Å². The topological polar surface area (TPSA) is 33.1 Å². The maximum Gasteiger partial charge on any atom is 0.214 e. The fourth-order valence-electron chi connectivity index (χ4n) is 1.55. The minimum absolute atomic E-state index is 0.152. The molecule has 72 valence electrons. The molecule has 0 saturated carbocycles. The molecule has 0 aliphatic rings. The first kappa shape index (κ1) is 9.00. The summed E-state index contributed by atoms with van der Waals surface area (Å²) in [5.41, 5.74) is 1.75. The average Bonchev–Trinajstić information content (AvgIpc) is 2.16. The van der Waals surface area contributed by atoms with Crippen LogP contribution in [0.4, 0.5) is 0 Å². The van der Waals surface area contributed by atoms with Gasteiger partial charge in [-0.15, -0.1) is 0 Å². The maximum atomic E-state index is 9.67. The van der Waals surface area contributed by atoms with Gasteiger partial charge in [0.1, 0.15) is 0 Å². The molecule has 2 rings (SSSR count). The Bertz CT molecular complexity index is 463. The maximum absolute atomic E-state index is 9.67. The highest BCUT2D eigenvalue weighted by molar-refractivity contribution is 5.80. The molecule has 0 aliphatic carbocycles. The molecule has 1 aromatic heterocycles. The van der Waals surface area contributed by atoms with Gasteiger partial charge in [0.05, 0.1) is 5.52 Å². The number of hydrogen-bond donors (Lipinski definition) is 1. The van der Waals surface area contributed by atoms with E-state index < -0.39 is 0 Å². The molecule has 1 heterocycles. The van der Waals surface area contributed by atoms with Gasteiger partial charge in [-0.05, 0) is 18.1 Å². The molecule has 2 nitrogen and oxygen atoms in total. The second-order valence-electron chi connectivity index (χ2n) is 3.75. The van der Waals surface area contributed by atoms with Crippen molar-refractivity contribution in [2.45, 2.75) is 19.8 Å². The molecule has 0 spiro atoms. The summed E-state index contributed by atoms with van der Waals surface area (Å²) in [5, 5.41) is 10.7. The summed E-state index contributed by atoms with van der Waals surface area (Å²) in [6.07, 6.45) is 0. The number of aromatic hydroxyl groups is 1. The van der Waals surface area contributed by atoms with Crippen LogP contribution in [0.1, 0.15) is 25.3 Å². The molecule has 1 N–H and O–H groups in total. The SMILES string of the molecule is CC(C)c1cc2ccccc2nc1O. The number of nitrogens with zero attached hydrogens (tertiary/aromatic N) is 1. The van der Waals surface area contributed by atoms with Crippen molar-refractivity contribution in [1.82, 2.24) is 4.98 Å². The largest absolute Gasteiger partial charge is 0.493 e. The molecule has 2 aromatic rings. The third kappa shape index (κ3) is 1.43. The summed E-state index contributed by atoms with van der Waals surface area (Å²) in [7, 11) is 0. The number of aromatic nitrogens is 1. The van der Waals surface area contributed by atoms with Crippen LogP contribution in [-0.4, -0.2) is 10.1 Å². The van der Waals surface area contributed by atoms with E-state index in [0.717, 1.165) is 16.5 Å². The molecular formula is C12H13NO. The van der Waals surface area contributed by atoms with E-state index in [1.165, 1.54) is 0 Å². The quantitative estimate of drug-likeness (QED) is 0.744. The molecule has 0 radical (unpaired) electrons. The monoisotopic (exact) mass is 187 g/mol. The first-order valence-corrected chi connectivity index (χ1v) is 4.77. The number of fused-ring (bicyclic) bond motifs is 1. The lowest BCUT2D eigenvalue weighted by atomic mass is 10.0. The van der Waals surface area contributed by atoms with Crippen molar-refractivity contribution in [2.75, 3.05) is 0 Å². The van der Waals surface area contributed by atoms with Gasteiger partial charge >= 0.3 is 0 Å². The highest BCUT2D eigenvalue weighted by atomic mass is 16.3. The van der Waals surface area contributed by atoms with Crippen molar-refractivity contribution in [3.63, 3.8) is 0 Å². The van der Waals surface area contributed by atoms with Crippen LogP contribution in [0.2, 0.25) is 0 Å². The molecule has 0 bridgehead atoms. The van der Waals surface area contributed by atoms with Crippen molar-refractivity contribution in [3.05, 3.63) is 35.9 Å². The number of benzene rings is 1. The van der Waals surface area contributed by atoms with Crippen LogP contribution in [0, 0.1) is 0 Å². The van der Waals surface area contributed by atoms with Crippen molar-refractivity contribution < 1.29 is 5.11 Å². The highest BCUT2D eigenvalue weighted by Crippen LogP contribution is 2.26. The Kier molecular flexibility index (Phi) is 2.12. The zero-order chi connectivity index (χ0) is 10.1. The Morgan fingerprint density at radius 3 is 2.64 bits per heavy atom. The normalized spacial score (nSPS) is 11.1. The lowest BCUT2D eigenvalue weighted by Gasteiger charge is -2.08. The summed E-state index contributed by atoms with van der Waals surface area (Å²) in [4.78, 5) is 4.15. The van der Waals surface area contributed by atoms with Crippen molar-refractivity contribution in [1.29, 1.82) is 0 Å². The molecule has 14 heavy (non-hydrogen) atoms. The second kappa shape index (κ2) is 3.29. The van der Waals surface area contributed by atoms with E-state index in [-0.39, 0.29) is 5.88 Å². The molecule has 0 amide bonds. The van der Waals surface area contributed by atoms with Crippen molar-refractivity contribution in [3.8, 4) is 5.88 Å². The Morgan fingerprint density at radius 1 is 1.21 bits per heavy atom. The molecule has 0 fully saturated rings. The molecule has 0 saturated heterocycles. The summed E-state index contributed by atoms with van der Waals surface area (Å²) in [6.45, 7) is 4.09. The van der Waals surface area contributed by atoms with E-state index in [1.54, 1.807) is 0 Å². The summed E-state index contributed by atoms with van der Waals surface area (Å²) in [6, 6.07) is 9.81. The van der Waals surface area contributed by atoms with E-state index >= 15 is 0 Å². The zero-order valence-electron chi connectivity index (χ0n) is 8.36. The van der Waals surface area contributed by atoms with Crippen LogP contribution in [-0.2, 0) is 0 Å². The highest BCUT2D eigenvalue weighted by Gasteiger charge is 2.08. The summed E-state index contributed by atoms with van der Waals surface area (Å²) in [5.74, 6) is 0.450. The first-order chi connectivity index (χ1) is 6.68. The van der Waals surface area contributed by atoms with Gasteiger partial charge in [0, 0.05) is 10.9 Å². The Labute approximate surface area is 83.2 Å². The van der Waals surface area contributed by atoms with Gasteiger partial charge in [-0.2, -0.15) is 0 Å². The predicted molar refractivity (Wildman–Crippen MR) is 57.5 cm³/mol. The first-order valence-electron chi connectivity index (χ1n) is 4.77. The molecule has 0 aliphatic heterocycles. The van der Waals surface area contributed by atoms with Crippen LogP contribution in [0.15, 0.2) is 30.3 Å². The second-order valence-corrected chi connectivity index (χ2v) is 3.75. The molecule has 1 aromatic carbocycles.